The number of rotatable bonds is 4. The number of anilines is 1. The number of hydrogen-bond donors (Lipinski definition) is 2. The smallest absolute Gasteiger partial charge is 0.418 e. The van der Waals surface area contributed by atoms with Crippen LogP contribution in [0.4, 0.5) is 18.9 Å². The molecule has 0 aliphatic carbocycles. The van der Waals surface area contributed by atoms with E-state index in [9.17, 15) is 32.7 Å². The molecule has 11 heteroatoms. The predicted octanol–water partition coefficient (Wildman–Crippen LogP) is 3.12. The van der Waals surface area contributed by atoms with Gasteiger partial charge >= 0.3 is 12.1 Å². The van der Waals surface area contributed by atoms with Crippen LogP contribution in [0.15, 0.2) is 34.4 Å². The number of alkyl halides is 3. The number of aromatic carboxylic acids is 1. The van der Waals surface area contributed by atoms with Gasteiger partial charge in [0.05, 0.1) is 22.2 Å². The maximum absolute atomic E-state index is 13.0. The highest BCUT2D eigenvalue weighted by Crippen LogP contribution is 2.34. The summed E-state index contributed by atoms with van der Waals surface area (Å²) < 4.78 is 40.0. The van der Waals surface area contributed by atoms with Gasteiger partial charge in [0.15, 0.2) is 0 Å². The molecule has 0 spiro atoms. The van der Waals surface area contributed by atoms with Crippen LogP contribution in [-0.4, -0.2) is 26.5 Å². The van der Waals surface area contributed by atoms with Crippen molar-refractivity contribution in [3.63, 3.8) is 0 Å². The lowest BCUT2D eigenvalue weighted by atomic mass is 10.1. The van der Waals surface area contributed by atoms with E-state index in [1.54, 1.807) is 0 Å². The number of para-hydroxylation sites is 1. The van der Waals surface area contributed by atoms with E-state index in [1.807, 2.05) is 0 Å². The number of amides is 1. The summed E-state index contributed by atoms with van der Waals surface area (Å²) >= 11 is 0.975. The lowest BCUT2D eigenvalue weighted by Crippen LogP contribution is -2.31. The van der Waals surface area contributed by atoms with Crippen molar-refractivity contribution in [1.29, 1.82) is 0 Å². The molecule has 0 radical (unpaired) electrons. The zero-order valence-electron chi connectivity index (χ0n) is 14.2. The molecular formula is C17H12F3N3O4S. The molecule has 1 aromatic carbocycles. The molecule has 0 saturated carbocycles. The molecule has 3 aromatic rings. The number of carboxylic acid groups (broad SMARTS) is 1. The van der Waals surface area contributed by atoms with Crippen LogP contribution < -0.4 is 10.9 Å². The number of halogens is 3. The van der Waals surface area contributed by atoms with E-state index in [4.69, 9.17) is 0 Å². The van der Waals surface area contributed by atoms with Gasteiger partial charge in [0.1, 0.15) is 17.2 Å². The number of fused-ring (bicyclic) bond motifs is 1. The Morgan fingerprint density at radius 2 is 1.96 bits per heavy atom. The zero-order chi connectivity index (χ0) is 20.6. The second kappa shape index (κ2) is 7.08. The number of thiophene rings is 1. The van der Waals surface area contributed by atoms with Gasteiger partial charge in [-0.05, 0) is 19.1 Å². The molecule has 2 aromatic heterocycles. The Morgan fingerprint density at radius 3 is 2.61 bits per heavy atom. The SMILES string of the molecule is Cc1nc2scc(C(=O)O)c2c(=O)n1CC(=O)Nc1ccccc1C(F)(F)F. The first-order valence-electron chi connectivity index (χ1n) is 7.77. The van der Waals surface area contributed by atoms with Crippen molar-refractivity contribution < 1.29 is 27.9 Å². The van der Waals surface area contributed by atoms with Gasteiger partial charge in [-0.15, -0.1) is 11.3 Å². The number of aryl methyl sites for hydroxylation is 1. The number of aromatic nitrogens is 2. The van der Waals surface area contributed by atoms with Crippen LogP contribution in [0.2, 0.25) is 0 Å². The number of hydrogen-bond acceptors (Lipinski definition) is 5. The van der Waals surface area contributed by atoms with Crippen molar-refractivity contribution in [3.8, 4) is 0 Å². The van der Waals surface area contributed by atoms with Gasteiger partial charge in [0, 0.05) is 5.38 Å². The molecule has 28 heavy (non-hydrogen) atoms. The van der Waals surface area contributed by atoms with Crippen molar-refractivity contribution in [2.45, 2.75) is 19.6 Å². The maximum Gasteiger partial charge on any atom is 0.418 e. The number of carboxylic acids is 1. The van der Waals surface area contributed by atoms with E-state index in [2.05, 4.69) is 10.3 Å². The van der Waals surface area contributed by atoms with E-state index in [1.165, 1.54) is 24.4 Å². The molecular weight excluding hydrogens is 399 g/mol. The van der Waals surface area contributed by atoms with Crippen molar-refractivity contribution in [2.75, 3.05) is 5.32 Å². The molecule has 0 aliphatic heterocycles. The van der Waals surface area contributed by atoms with E-state index in [0.29, 0.717) is 0 Å². The van der Waals surface area contributed by atoms with Gasteiger partial charge in [0.25, 0.3) is 5.56 Å². The molecule has 2 heterocycles. The average Bonchev–Trinajstić information content (AvgIpc) is 3.02. The molecule has 0 unspecified atom stereocenters. The normalized spacial score (nSPS) is 11.6. The van der Waals surface area contributed by atoms with E-state index in [0.717, 1.165) is 28.0 Å². The summed E-state index contributed by atoms with van der Waals surface area (Å²) in [6, 6.07) is 4.44. The third kappa shape index (κ3) is 3.60. The minimum absolute atomic E-state index is 0.135. The van der Waals surface area contributed by atoms with Crippen LogP contribution in [0.5, 0.6) is 0 Å². The molecule has 7 nitrogen and oxygen atoms in total. The number of nitrogens with zero attached hydrogens (tertiary/aromatic N) is 2. The molecule has 0 fully saturated rings. The quantitative estimate of drug-likeness (QED) is 0.687. The Balaban J connectivity index is 1.96. The van der Waals surface area contributed by atoms with Gasteiger partial charge in [-0.2, -0.15) is 13.2 Å². The zero-order valence-corrected chi connectivity index (χ0v) is 15.0. The third-order valence-corrected chi connectivity index (χ3v) is 4.80. The minimum atomic E-state index is -4.66. The molecule has 0 atom stereocenters. The van der Waals surface area contributed by atoms with Crippen LogP contribution in [0, 0.1) is 6.92 Å². The summed E-state index contributed by atoms with van der Waals surface area (Å²) in [7, 11) is 0. The maximum atomic E-state index is 13.0. The first kappa shape index (κ1) is 19.5. The first-order chi connectivity index (χ1) is 13.1. The summed E-state index contributed by atoms with van der Waals surface area (Å²) in [6.45, 7) is 0.826. The molecule has 1 amide bonds. The number of benzene rings is 1. The molecule has 3 rings (SSSR count). The van der Waals surface area contributed by atoms with Gasteiger partial charge in [-0.1, -0.05) is 12.1 Å². The van der Waals surface area contributed by atoms with Gasteiger partial charge in [0.2, 0.25) is 5.91 Å². The summed E-state index contributed by atoms with van der Waals surface area (Å²) in [6.07, 6.45) is -4.66. The van der Waals surface area contributed by atoms with Crippen LogP contribution in [0.3, 0.4) is 0 Å². The monoisotopic (exact) mass is 411 g/mol. The van der Waals surface area contributed by atoms with Crippen LogP contribution in [-0.2, 0) is 17.5 Å². The predicted molar refractivity (Wildman–Crippen MR) is 95.7 cm³/mol. The standard InChI is InChI=1S/C17H12F3N3O4S/c1-8-21-14-13(9(7-28-14)16(26)27)15(25)23(8)6-12(24)22-11-5-3-2-4-10(11)17(18,19)20/h2-5,7H,6H2,1H3,(H,22,24)(H,26,27). The Kier molecular flexibility index (Phi) is 4.94. The molecule has 146 valence electrons. The van der Waals surface area contributed by atoms with Crippen molar-refractivity contribution in [3.05, 3.63) is 57.0 Å². The highest BCUT2D eigenvalue weighted by Gasteiger charge is 2.33. The van der Waals surface area contributed by atoms with Crippen molar-refractivity contribution in [1.82, 2.24) is 9.55 Å². The summed E-state index contributed by atoms with van der Waals surface area (Å²) in [5.41, 5.74) is -2.46. The Hall–Kier alpha value is -3.21. The average molecular weight is 411 g/mol. The van der Waals surface area contributed by atoms with Gasteiger partial charge in [-0.3, -0.25) is 14.2 Å². The lowest BCUT2D eigenvalue weighted by molar-refractivity contribution is -0.137. The van der Waals surface area contributed by atoms with Crippen molar-refractivity contribution >= 4 is 39.1 Å². The van der Waals surface area contributed by atoms with Gasteiger partial charge in [-0.25, -0.2) is 9.78 Å². The second-order valence-corrected chi connectivity index (χ2v) is 6.63. The molecule has 2 N–H and O–H groups in total. The Morgan fingerprint density at radius 1 is 1.29 bits per heavy atom. The molecule has 0 aliphatic rings. The van der Waals surface area contributed by atoms with Crippen LogP contribution in [0.1, 0.15) is 21.7 Å². The second-order valence-electron chi connectivity index (χ2n) is 5.78. The topological polar surface area (TPSA) is 101 Å². The Bertz CT molecular complexity index is 1150. The molecule has 0 saturated heterocycles. The Labute approximate surface area is 159 Å². The minimum Gasteiger partial charge on any atom is -0.478 e. The fraction of sp³-hybridized carbons (Fsp3) is 0.176. The van der Waals surface area contributed by atoms with E-state index >= 15 is 0 Å². The fourth-order valence-corrected chi connectivity index (χ4v) is 3.59. The number of carbonyl (C=O) groups is 2. The number of carbonyl (C=O) groups excluding carboxylic acids is 1. The van der Waals surface area contributed by atoms with Crippen LogP contribution in [0.25, 0.3) is 10.2 Å². The third-order valence-electron chi connectivity index (χ3n) is 3.92. The summed E-state index contributed by atoms with van der Waals surface area (Å²) in [5.74, 6) is -2.06. The van der Waals surface area contributed by atoms with E-state index in [-0.39, 0.29) is 21.6 Å². The highest BCUT2D eigenvalue weighted by atomic mass is 32.1. The molecule has 0 bridgehead atoms. The van der Waals surface area contributed by atoms with E-state index < -0.39 is 41.4 Å². The van der Waals surface area contributed by atoms with Crippen LogP contribution >= 0.6 is 11.3 Å². The largest absolute Gasteiger partial charge is 0.478 e. The van der Waals surface area contributed by atoms with Crippen molar-refractivity contribution in [2.24, 2.45) is 0 Å². The fourth-order valence-electron chi connectivity index (χ4n) is 2.64. The first-order valence-corrected chi connectivity index (χ1v) is 8.65. The summed E-state index contributed by atoms with van der Waals surface area (Å²) in [4.78, 5) is 40.5. The number of nitrogens with one attached hydrogen (secondary N) is 1. The summed E-state index contributed by atoms with van der Waals surface area (Å²) in [5, 5.41) is 12.4. The van der Waals surface area contributed by atoms with Gasteiger partial charge < -0.3 is 10.4 Å². The lowest BCUT2D eigenvalue weighted by Gasteiger charge is -2.14. The highest BCUT2D eigenvalue weighted by molar-refractivity contribution is 7.17.